The normalized spacial score (nSPS) is 10.6. The zero-order valence-electron chi connectivity index (χ0n) is 10.0. The van der Waals surface area contributed by atoms with Gasteiger partial charge >= 0.3 is 5.69 Å². The molecule has 0 amide bonds. The molecule has 1 heterocycles. The third kappa shape index (κ3) is 2.30. The number of nitrogen functional groups attached to an aromatic ring is 1. The number of hydrogen-bond donors (Lipinski definition) is 3. The van der Waals surface area contributed by atoms with Crippen LogP contribution in [0.15, 0.2) is 33.0 Å². The van der Waals surface area contributed by atoms with E-state index in [4.69, 9.17) is 11.1 Å². The molecular weight excluding hydrogens is 250 g/mol. The molecule has 6 nitrogen and oxygen atoms in total. The summed E-state index contributed by atoms with van der Waals surface area (Å²) in [5.74, 6) is -0.00182. The van der Waals surface area contributed by atoms with Crippen molar-refractivity contribution < 1.29 is 0 Å². The Morgan fingerprint density at radius 1 is 1.56 bits per heavy atom. The van der Waals surface area contributed by atoms with Gasteiger partial charge in [0.25, 0.3) is 0 Å². The van der Waals surface area contributed by atoms with E-state index in [2.05, 4.69) is 10.2 Å². The fourth-order valence-corrected chi connectivity index (χ4v) is 2.50. The van der Waals surface area contributed by atoms with Gasteiger partial charge in [0, 0.05) is 17.5 Å². The number of aryl methyl sites for hydroxylation is 1. The zero-order chi connectivity index (χ0) is 13.3. The van der Waals surface area contributed by atoms with Crippen molar-refractivity contribution in [2.45, 2.75) is 17.0 Å². The van der Waals surface area contributed by atoms with E-state index < -0.39 is 0 Å². The third-order valence-corrected chi connectivity index (χ3v) is 3.57. The van der Waals surface area contributed by atoms with Gasteiger partial charge in [0.15, 0.2) is 5.16 Å². The number of amidine groups is 1. The minimum atomic E-state index is -0.269. The van der Waals surface area contributed by atoms with Crippen LogP contribution in [0.5, 0.6) is 0 Å². The van der Waals surface area contributed by atoms with E-state index in [-0.39, 0.29) is 11.5 Å². The molecule has 0 bridgehead atoms. The smallest absolute Gasteiger partial charge is 0.343 e. The predicted octanol–water partition coefficient (Wildman–Crippen LogP) is 0.852. The van der Waals surface area contributed by atoms with Crippen molar-refractivity contribution in [2.24, 2.45) is 12.8 Å². The summed E-state index contributed by atoms with van der Waals surface area (Å²) in [6.45, 7) is 1.96. The molecule has 94 valence electrons. The van der Waals surface area contributed by atoms with Gasteiger partial charge in [-0.1, -0.05) is 6.07 Å². The van der Waals surface area contributed by atoms with Crippen LogP contribution >= 0.6 is 11.8 Å². The first-order valence-corrected chi connectivity index (χ1v) is 6.05. The molecule has 4 N–H and O–H groups in total. The average Bonchev–Trinajstić information content (AvgIpc) is 2.61. The molecule has 0 fully saturated rings. The van der Waals surface area contributed by atoms with E-state index in [0.717, 1.165) is 10.5 Å². The second-order valence-corrected chi connectivity index (χ2v) is 4.89. The fourth-order valence-electron chi connectivity index (χ4n) is 1.46. The molecular formula is C11H13N5OS. The van der Waals surface area contributed by atoms with Gasteiger partial charge in [-0.3, -0.25) is 9.98 Å². The first-order valence-electron chi connectivity index (χ1n) is 5.23. The van der Waals surface area contributed by atoms with Gasteiger partial charge in [0.05, 0.1) is 0 Å². The minimum absolute atomic E-state index is 0.00182. The van der Waals surface area contributed by atoms with Crippen LogP contribution in [0.3, 0.4) is 0 Å². The summed E-state index contributed by atoms with van der Waals surface area (Å²) >= 11 is 1.30. The molecule has 0 spiro atoms. The van der Waals surface area contributed by atoms with Crippen LogP contribution in [0.25, 0.3) is 0 Å². The van der Waals surface area contributed by atoms with Gasteiger partial charge in [0.1, 0.15) is 5.84 Å². The molecule has 18 heavy (non-hydrogen) atoms. The van der Waals surface area contributed by atoms with Crippen LogP contribution in [-0.4, -0.2) is 20.6 Å². The van der Waals surface area contributed by atoms with Gasteiger partial charge in [-0.05, 0) is 36.4 Å². The van der Waals surface area contributed by atoms with Crippen molar-refractivity contribution in [3.05, 3.63) is 39.8 Å². The Bertz CT molecular complexity index is 658. The van der Waals surface area contributed by atoms with E-state index in [1.807, 2.05) is 19.1 Å². The number of nitrogens with one attached hydrogen (secondary N) is 2. The standard InChI is InChI=1S/C11H13N5OS/c1-6-3-4-7(9(12)13)8(5-6)18-11-15-14-10(17)16(11)2/h3-5H,1-2H3,(H3,12,13)(H,14,17). The maximum Gasteiger partial charge on any atom is 0.343 e. The van der Waals surface area contributed by atoms with Crippen molar-refractivity contribution in [1.29, 1.82) is 5.41 Å². The van der Waals surface area contributed by atoms with Crippen LogP contribution < -0.4 is 11.4 Å². The molecule has 2 rings (SSSR count). The Kier molecular flexibility index (Phi) is 3.24. The topological polar surface area (TPSA) is 101 Å². The SMILES string of the molecule is Cc1ccc(C(=N)N)c(Sc2n[nH]c(=O)n2C)c1. The zero-order valence-corrected chi connectivity index (χ0v) is 10.8. The van der Waals surface area contributed by atoms with E-state index >= 15 is 0 Å². The van der Waals surface area contributed by atoms with Crippen LogP contribution in [0.2, 0.25) is 0 Å². The van der Waals surface area contributed by atoms with E-state index in [1.54, 1.807) is 13.1 Å². The molecule has 2 aromatic rings. The van der Waals surface area contributed by atoms with Crippen LogP contribution in [0, 0.1) is 12.3 Å². The second kappa shape index (κ2) is 4.69. The Balaban J connectivity index is 2.45. The molecule has 1 aromatic heterocycles. The number of aromatic amines is 1. The van der Waals surface area contributed by atoms with E-state index in [1.165, 1.54) is 16.3 Å². The summed E-state index contributed by atoms with van der Waals surface area (Å²) < 4.78 is 1.41. The Morgan fingerprint density at radius 2 is 2.28 bits per heavy atom. The van der Waals surface area contributed by atoms with Crippen molar-refractivity contribution in [1.82, 2.24) is 14.8 Å². The van der Waals surface area contributed by atoms with E-state index in [9.17, 15) is 4.79 Å². The van der Waals surface area contributed by atoms with Gasteiger partial charge in [-0.2, -0.15) is 0 Å². The minimum Gasteiger partial charge on any atom is -0.384 e. The second-order valence-electron chi connectivity index (χ2n) is 3.89. The van der Waals surface area contributed by atoms with Crippen molar-refractivity contribution in [3.63, 3.8) is 0 Å². The molecule has 7 heteroatoms. The number of hydrogen-bond acceptors (Lipinski definition) is 4. The summed E-state index contributed by atoms with van der Waals surface area (Å²) in [5, 5.41) is 14.4. The Morgan fingerprint density at radius 3 is 2.83 bits per heavy atom. The van der Waals surface area contributed by atoms with Crippen molar-refractivity contribution in [2.75, 3.05) is 0 Å². The number of rotatable bonds is 3. The molecule has 0 aliphatic carbocycles. The largest absolute Gasteiger partial charge is 0.384 e. The monoisotopic (exact) mass is 263 g/mol. The van der Waals surface area contributed by atoms with Gasteiger partial charge in [-0.15, -0.1) is 5.10 Å². The molecule has 0 saturated carbocycles. The Labute approximate surface area is 108 Å². The molecule has 0 atom stereocenters. The summed E-state index contributed by atoms with van der Waals surface area (Å²) in [7, 11) is 1.64. The third-order valence-electron chi connectivity index (χ3n) is 2.47. The highest BCUT2D eigenvalue weighted by atomic mass is 32.2. The molecule has 0 aliphatic heterocycles. The number of H-pyrrole nitrogens is 1. The van der Waals surface area contributed by atoms with Crippen LogP contribution in [0.4, 0.5) is 0 Å². The highest BCUT2D eigenvalue weighted by molar-refractivity contribution is 7.99. The van der Waals surface area contributed by atoms with Crippen molar-refractivity contribution in [3.8, 4) is 0 Å². The highest BCUT2D eigenvalue weighted by Crippen LogP contribution is 2.28. The van der Waals surface area contributed by atoms with Gasteiger partial charge < -0.3 is 5.73 Å². The predicted molar refractivity (Wildman–Crippen MR) is 70.1 cm³/mol. The van der Waals surface area contributed by atoms with E-state index in [0.29, 0.717) is 10.7 Å². The molecule has 0 saturated heterocycles. The number of aromatic nitrogens is 3. The summed E-state index contributed by atoms with van der Waals surface area (Å²) in [6.07, 6.45) is 0. The first kappa shape index (κ1) is 12.4. The fraction of sp³-hybridized carbons (Fsp3) is 0.182. The maximum atomic E-state index is 11.3. The van der Waals surface area contributed by atoms with Crippen molar-refractivity contribution >= 4 is 17.6 Å². The quantitative estimate of drug-likeness (QED) is 0.564. The summed E-state index contributed by atoms with van der Waals surface area (Å²) in [4.78, 5) is 12.1. The molecule has 0 radical (unpaired) electrons. The van der Waals surface area contributed by atoms with Crippen LogP contribution in [-0.2, 0) is 7.05 Å². The molecule has 0 unspecified atom stereocenters. The highest BCUT2D eigenvalue weighted by Gasteiger charge is 2.11. The summed E-state index contributed by atoms with van der Waals surface area (Å²) in [5.41, 5.74) is 6.96. The lowest BCUT2D eigenvalue weighted by Crippen LogP contribution is -2.14. The van der Waals surface area contributed by atoms with Gasteiger partial charge in [0.2, 0.25) is 0 Å². The lowest BCUT2D eigenvalue weighted by atomic mass is 10.1. The molecule has 0 aliphatic rings. The average molecular weight is 263 g/mol. The number of benzene rings is 1. The first-order chi connectivity index (χ1) is 8.49. The lowest BCUT2D eigenvalue weighted by Gasteiger charge is -2.08. The van der Waals surface area contributed by atoms with Gasteiger partial charge in [-0.25, -0.2) is 9.89 Å². The Hall–Kier alpha value is -2.02. The lowest BCUT2D eigenvalue weighted by molar-refractivity contribution is 0.766. The van der Waals surface area contributed by atoms with Crippen LogP contribution in [0.1, 0.15) is 11.1 Å². The maximum absolute atomic E-state index is 11.3. The number of nitrogens with two attached hydrogens (primary N) is 1. The number of nitrogens with zero attached hydrogens (tertiary/aromatic N) is 2. The molecule has 1 aromatic carbocycles. The summed E-state index contributed by atoms with van der Waals surface area (Å²) in [6, 6.07) is 5.61.